The van der Waals surface area contributed by atoms with E-state index in [0.29, 0.717) is 31.6 Å². The van der Waals surface area contributed by atoms with E-state index in [1.54, 1.807) is 7.05 Å². The minimum Gasteiger partial charge on any atom is -0.356 e. The van der Waals surface area contributed by atoms with E-state index in [-0.39, 0.29) is 24.0 Å². The number of guanidine groups is 1. The number of nitrogens with one attached hydrogen (secondary N) is 3. The summed E-state index contributed by atoms with van der Waals surface area (Å²) in [7, 11) is -1.35. The smallest absolute Gasteiger partial charge is 0.208 e. The normalized spacial score (nSPS) is 21.0. The van der Waals surface area contributed by atoms with Crippen LogP contribution in [0.1, 0.15) is 31.7 Å². The first kappa shape index (κ1) is 25.1. The number of sulfonamides is 1. The van der Waals surface area contributed by atoms with Crippen LogP contribution in [0.15, 0.2) is 35.3 Å². The second-order valence-electron chi connectivity index (χ2n) is 7.19. The summed E-state index contributed by atoms with van der Waals surface area (Å²) >= 11 is 0. The van der Waals surface area contributed by atoms with Crippen molar-refractivity contribution in [3.63, 3.8) is 0 Å². The van der Waals surface area contributed by atoms with E-state index in [9.17, 15) is 8.42 Å². The molecule has 1 aromatic carbocycles. The Morgan fingerprint density at radius 1 is 1.25 bits per heavy atom. The molecule has 1 aliphatic heterocycles. The van der Waals surface area contributed by atoms with Crippen molar-refractivity contribution < 1.29 is 8.42 Å². The molecule has 1 aliphatic rings. The molecular weight excluding hydrogens is 489 g/mol. The number of hydrogen-bond acceptors (Lipinski definition) is 4. The lowest BCUT2D eigenvalue weighted by Crippen LogP contribution is -2.51. The van der Waals surface area contributed by atoms with E-state index in [1.165, 1.54) is 11.8 Å². The summed E-state index contributed by atoms with van der Waals surface area (Å²) in [5, 5.41) is 6.76. The SMILES string of the molecule is CN=C(NCCCNS(C)(=O)=O)NC1CCN(Cc2ccccc2)C(C)C1.I. The first-order valence-corrected chi connectivity index (χ1v) is 11.5. The summed E-state index contributed by atoms with van der Waals surface area (Å²) in [6, 6.07) is 11.5. The molecule has 160 valence electrons. The summed E-state index contributed by atoms with van der Waals surface area (Å²) in [6.45, 7) is 5.43. The Hall–Kier alpha value is -0.910. The standard InChI is InChI=1S/C19H33N5O2S.HI/c1-16-14-18(10-13-24(16)15-17-8-5-4-6-9-17)23-19(20-2)21-11-7-12-22-27(3,25)26;/h4-6,8-9,16,18,22H,7,10-15H2,1-3H3,(H2,20,21,23);1H. The van der Waals surface area contributed by atoms with Crippen LogP contribution in [-0.4, -0.2) is 64.3 Å². The van der Waals surface area contributed by atoms with Crippen LogP contribution in [0.25, 0.3) is 0 Å². The zero-order valence-electron chi connectivity index (χ0n) is 17.0. The number of piperidine rings is 1. The number of hydrogen-bond donors (Lipinski definition) is 3. The van der Waals surface area contributed by atoms with Crippen molar-refractivity contribution in [2.45, 2.75) is 44.8 Å². The molecule has 1 saturated heterocycles. The summed E-state index contributed by atoms with van der Waals surface area (Å²) in [4.78, 5) is 6.81. The molecule has 3 N–H and O–H groups in total. The molecule has 1 aromatic rings. The van der Waals surface area contributed by atoms with Gasteiger partial charge in [-0.1, -0.05) is 30.3 Å². The third-order valence-corrected chi connectivity index (χ3v) is 5.55. The minimum atomic E-state index is -3.12. The monoisotopic (exact) mass is 523 g/mol. The van der Waals surface area contributed by atoms with E-state index < -0.39 is 10.0 Å². The highest BCUT2D eigenvalue weighted by molar-refractivity contribution is 14.0. The van der Waals surface area contributed by atoms with Crippen molar-refractivity contribution in [2.24, 2.45) is 4.99 Å². The van der Waals surface area contributed by atoms with Gasteiger partial charge in [-0.25, -0.2) is 13.1 Å². The summed E-state index contributed by atoms with van der Waals surface area (Å²) < 4.78 is 24.6. The van der Waals surface area contributed by atoms with Crippen molar-refractivity contribution >= 4 is 40.0 Å². The van der Waals surface area contributed by atoms with Gasteiger partial charge in [0.15, 0.2) is 5.96 Å². The van der Waals surface area contributed by atoms with Crippen LogP contribution < -0.4 is 15.4 Å². The highest BCUT2D eigenvalue weighted by atomic mass is 127. The minimum absolute atomic E-state index is 0. The molecule has 0 aliphatic carbocycles. The van der Waals surface area contributed by atoms with Crippen LogP contribution in [0, 0.1) is 0 Å². The lowest BCUT2D eigenvalue weighted by Gasteiger charge is -2.38. The second-order valence-corrected chi connectivity index (χ2v) is 9.02. The van der Waals surface area contributed by atoms with E-state index in [2.05, 4.69) is 62.5 Å². The molecule has 9 heteroatoms. The van der Waals surface area contributed by atoms with Gasteiger partial charge in [0.2, 0.25) is 10.0 Å². The maximum absolute atomic E-state index is 11.0. The third-order valence-electron chi connectivity index (χ3n) is 4.82. The average molecular weight is 523 g/mol. The van der Waals surface area contributed by atoms with Crippen molar-refractivity contribution in [3.8, 4) is 0 Å². The fourth-order valence-corrected chi connectivity index (χ4v) is 3.86. The molecular formula is C19H34IN5O2S. The molecule has 0 spiro atoms. The first-order valence-electron chi connectivity index (χ1n) is 9.57. The Morgan fingerprint density at radius 2 is 1.96 bits per heavy atom. The van der Waals surface area contributed by atoms with E-state index in [4.69, 9.17) is 0 Å². The molecule has 0 bridgehead atoms. The Labute approximate surface area is 186 Å². The van der Waals surface area contributed by atoms with Gasteiger partial charge in [0.25, 0.3) is 0 Å². The number of likely N-dealkylation sites (tertiary alicyclic amines) is 1. The summed E-state index contributed by atoms with van der Waals surface area (Å²) in [5.74, 6) is 0.781. The molecule has 28 heavy (non-hydrogen) atoms. The summed E-state index contributed by atoms with van der Waals surface area (Å²) in [6.07, 6.45) is 4.03. The van der Waals surface area contributed by atoms with Crippen molar-refractivity contribution in [1.82, 2.24) is 20.3 Å². The van der Waals surface area contributed by atoms with Crippen molar-refractivity contribution in [1.29, 1.82) is 0 Å². The molecule has 2 atom stereocenters. The lowest BCUT2D eigenvalue weighted by molar-refractivity contribution is 0.134. The van der Waals surface area contributed by atoms with Crippen LogP contribution in [0.4, 0.5) is 0 Å². The van der Waals surface area contributed by atoms with Gasteiger partial charge in [0.1, 0.15) is 0 Å². The number of aliphatic imine (C=N–C) groups is 1. The molecule has 2 rings (SSSR count). The predicted molar refractivity (Wildman–Crippen MR) is 127 cm³/mol. The van der Waals surface area contributed by atoms with Gasteiger partial charge >= 0.3 is 0 Å². The number of halogens is 1. The second kappa shape index (κ2) is 12.6. The molecule has 1 heterocycles. The van der Waals surface area contributed by atoms with E-state index >= 15 is 0 Å². The maximum atomic E-state index is 11.0. The van der Waals surface area contributed by atoms with Crippen molar-refractivity contribution in [2.75, 3.05) is 32.9 Å². The summed E-state index contributed by atoms with van der Waals surface area (Å²) in [5.41, 5.74) is 1.36. The Bertz CT molecular complexity index is 700. The topological polar surface area (TPSA) is 85.8 Å². The lowest BCUT2D eigenvalue weighted by atomic mass is 9.97. The van der Waals surface area contributed by atoms with Gasteiger partial charge in [-0.15, -0.1) is 24.0 Å². The van der Waals surface area contributed by atoms with Crippen LogP contribution in [0.5, 0.6) is 0 Å². The molecule has 0 amide bonds. The number of nitrogens with zero attached hydrogens (tertiary/aromatic N) is 2. The number of rotatable bonds is 8. The Balaban J connectivity index is 0.00000392. The van der Waals surface area contributed by atoms with Gasteiger partial charge in [-0.2, -0.15) is 0 Å². The zero-order chi connectivity index (χ0) is 19.7. The van der Waals surface area contributed by atoms with Crippen LogP contribution in [0.2, 0.25) is 0 Å². The molecule has 7 nitrogen and oxygen atoms in total. The van der Waals surface area contributed by atoms with Gasteiger partial charge in [0, 0.05) is 45.3 Å². The highest BCUT2D eigenvalue weighted by Crippen LogP contribution is 2.19. The molecule has 1 fully saturated rings. The Morgan fingerprint density at radius 3 is 2.57 bits per heavy atom. The van der Waals surface area contributed by atoms with Gasteiger partial charge in [-0.3, -0.25) is 9.89 Å². The maximum Gasteiger partial charge on any atom is 0.208 e. The average Bonchev–Trinajstić information content (AvgIpc) is 2.62. The fourth-order valence-electron chi connectivity index (χ4n) is 3.35. The van der Waals surface area contributed by atoms with Crippen LogP contribution in [0.3, 0.4) is 0 Å². The van der Waals surface area contributed by atoms with Gasteiger partial charge in [-0.05, 0) is 31.7 Å². The molecule has 2 unspecified atom stereocenters. The van der Waals surface area contributed by atoms with E-state index in [0.717, 1.165) is 31.9 Å². The quantitative estimate of drug-likeness (QED) is 0.209. The molecule has 0 radical (unpaired) electrons. The first-order chi connectivity index (χ1) is 12.9. The fraction of sp³-hybridized carbons (Fsp3) is 0.632. The highest BCUT2D eigenvalue weighted by Gasteiger charge is 2.25. The third kappa shape index (κ3) is 9.53. The zero-order valence-corrected chi connectivity index (χ0v) is 20.2. The van der Waals surface area contributed by atoms with Crippen LogP contribution in [-0.2, 0) is 16.6 Å². The molecule has 0 aromatic heterocycles. The van der Waals surface area contributed by atoms with Gasteiger partial charge < -0.3 is 10.6 Å². The van der Waals surface area contributed by atoms with Crippen molar-refractivity contribution in [3.05, 3.63) is 35.9 Å². The molecule has 0 saturated carbocycles. The van der Waals surface area contributed by atoms with E-state index in [1.807, 2.05) is 0 Å². The number of benzene rings is 1. The van der Waals surface area contributed by atoms with Crippen LogP contribution >= 0.6 is 24.0 Å². The van der Waals surface area contributed by atoms with Gasteiger partial charge in [0.05, 0.1) is 6.26 Å². The Kier molecular flexibility index (Phi) is 11.3. The largest absolute Gasteiger partial charge is 0.356 e. The predicted octanol–water partition coefficient (Wildman–Crippen LogP) is 1.76.